The molecular weight excluding hydrogens is 232 g/mol. The van der Waals surface area contributed by atoms with Crippen LogP contribution < -0.4 is 10.6 Å². The van der Waals surface area contributed by atoms with Crippen LogP contribution in [0.1, 0.15) is 34.1 Å². The van der Waals surface area contributed by atoms with Crippen LogP contribution in [-0.2, 0) is 14.3 Å². The lowest BCUT2D eigenvalue weighted by Crippen LogP contribution is -2.43. The van der Waals surface area contributed by atoms with Crippen LogP contribution in [-0.4, -0.2) is 51.0 Å². The first kappa shape index (κ1) is 17.4. The standard InChI is InChI=1S/C13H28N2O3/c1-11(6-8-17-5)18-9-7-14-12(16)10-15-13(2,3)4/h11,15H,6-10H2,1-5H3,(H,14,16). The minimum Gasteiger partial charge on any atom is -0.385 e. The fourth-order valence-electron chi connectivity index (χ4n) is 1.23. The maximum atomic E-state index is 11.5. The van der Waals surface area contributed by atoms with Crippen molar-refractivity contribution in [3.8, 4) is 0 Å². The molecule has 0 aliphatic heterocycles. The van der Waals surface area contributed by atoms with E-state index in [0.717, 1.165) is 6.42 Å². The van der Waals surface area contributed by atoms with Gasteiger partial charge in [0.2, 0.25) is 5.91 Å². The Hall–Kier alpha value is -0.650. The van der Waals surface area contributed by atoms with Crippen LogP contribution in [0.2, 0.25) is 0 Å². The first-order chi connectivity index (χ1) is 8.35. The number of methoxy groups -OCH3 is 1. The lowest BCUT2D eigenvalue weighted by Gasteiger charge is -2.20. The van der Waals surface area contributed by atoms with Gasteiger partial charge >= 0.3 is 0 Å². The highest BCUT2D eigenvalue weighted by Gasteiger charge is 2.10. The van der Waals surface area contributed by atoms with Crippen molar-refractivity contribution in [2.45, 2.75) is 45.8 Å². The van der Waals surface area contributed by atoms with E-state index >= 15 is 0 Å². The molecular formula is C13H28N2O3. The van der Waals surface area contributed by atoms with E-state index in [9.17, 15) is 4.79 Å². The molecule has 0 bridgehead atoms. The van der Waals surface area contributed by atoms with Crippen molar-refractivity contribution < 1.29 is 14.3 Å². The molecule has 0 rings (SSSR count). The van der Waals surface area contributed by atoms with E-state index in [0.29, 0.717) is 26.3 Å². The molecule has 0 saturated carbocycles. The summed E-state index contributed by atoms with van der Waals surface area (Å²) in [6.45, 7) is 10.2. The molecule has 0 fully saturated rings. The highest BCUT2D eigenvalue weighted by molar-refractivity contribution is 5.78. The van der Waals surface area contributed by atoms with Crippen LogP contribution in [0.15, 0.2) is 0 Å². The van der Waals surface area contributed by atoms with E-state index in [4.69, 9.17) is 9.47 Å². The summed E-state index contributed by atoms with van der Waals surface area (Å²) < 4.78 is 10.5. The molecule has 0 saturated heterocycles. The average molecular weight is 260 g/mol. The van der Waals surface area contributed by atoms with E-state index < -0.39 is 0 Å². The van der Waals surface area contributed by atoms with E-state index in [1.807, 2.05) is 27.7 Å². The normalized spacial score (nSPS) is 13.4. The SMILES string of the molecule is COCCC(C)OCCNC(=O)CNC(C)(C)C. The van der Waals surface area contributed by atoms with Crippen molar-refractivity contribution in [3.05, 3.63) is 0 Å². The zero-order valence-corrected chi connectivity index (χ0v) is 12.3. The van der Waals surface area contributed by atoms with Gasteiger partial charge in [-0.2, -0.15) is 0 Å². The zero-order chi connectivity index (χ0) is 14.0. The van der Waals surface area contributed by atoms with Gasteiger partial charge in [-0.25, -0.2) is 0 Å². The second-order valence-corrected chi connectivity index (χ2v) is 5.42. The third-order valence-corrected chi connectivity index (χ3v) is 2.33. The van der Waals surface area contributed by atoms with Crippen molar-refractivity contribution in [2.24, 2.45) is 0 Å². The number of amides is 1. The van der Waals surface area contributed by atoms with Gasteiger partial charge in [-0.1, -0.05) is 0 Å². The third kappa shape index (κ3) is 11.8. The van der Waals surface area contributed by atoms with Crippen LogP contribution >= 0.6 is 0 Å². The number of hydrogen-bond donors (Lipinski definition) is 2. The zero-order valence-electron chi connectivity index (χ0n) is 12.3. The Bertz CT molecular complexity index is 227. The van der Waals surface area contributed by atoms with Gasteiger partial charge < -0.3 is 20.1 Å². The molecule has 0 aromatic rings. The van der Waals surface area contributed by atoms with Crippen molar-refractivity contribution in [2.75, 3.05) is 33.4 Å². The monoisotopic (exact) mass is 260 g/mol. The summed E-state index contributed by atoms with van der Waals surface area (Å²) in [5.74, 6) is -0.00179. The van der Waals surface area contributed by atoms with Gasteiger partial charge in [0.1, 0.15) is 0 Å². The first-order valence-electron chi connectivity index (χ1n) is 6.47. The summed E-state index contributed by atoms with van der Waals surface area (Å²) in [5, 5.41) is 5.94. The van der Waals surface area contributed by atoms with Gasteiger partial charge in [0, 0.05) is 25.8 Å². The minimum absolute atomic E-state index is 0.00179. The van der Waals surface area contributed by atoms with Gasteiger partial charge in [-0.05, 0) is 34.1 Å². The summed E-state index contributed by atoms with van der Waals surface area (Å²) in [7, 11) is 1.68. The van der Waals surface area contributed by atoms with Gasteiger partial charge in [-0.15, -0.1) is 0 Å². The molecule has 0 heterocycles. The molecule has 0 spiro atoms. The predicted octanol–water partition coefficient (Wildman–Crippen LogP) is 0.932. The number of carbonyl (C=O) groups excluding carboxylic acids is 1. The quantitative estimate of drug-likeness (QED) is 0.606. The molecule has 0 radical (unpaired) electrons. The number of nitrogens with one attached hydrogen (secondary N) is 2. The van der Waals surface area contributed by atoms with Gasteiger partial charge in [0.25, 0.3) is 0 Å². The second-order valence-electron chi connectivity index (χ2n) is 5.42. The van der Waals surface area contributed by atoms with Gasteiger partial charge in [0.05, 0.1) is 19.3 Å². The van der Waals surface area contributed by atoms with Gasteiger partial charge in [0.15, 0.2) is 0 Å². The minimum atomic E-state index is -0.0392. The molecule has 1 amide bonds. The maximum absolute atomic E-state index is 11.5. The van der Waals surface area contributed by atoms with Crippen molar-refractivity contribution in [3.63, 3.8) is 0 Å². The second kappa shape index (κ2) is 9.30. The largest absolute Gasteiger partial charge is 0.385 e. The van der Waals surface area contributed by atoms with Crippen LogP contribution in [0.5, 0.6) is 0 Å². The van der Waals surface area contributed by atoms with Crippen molar-refractivity contribution in [1.29, 1.82) is 0 Å². The third-order valence-electron chi connectivity index (χ3n) is 2.33. The Labute approximate surface area is 111 Å². The Morgan fingerprint density at radius 1 is 1.28 bits per heavy atom. The molecule has 0 aliphatic carbocycles. The summed E-state index contributed by atoms with van der Waals surface area (Å²) in [6.07, 6.45) is 1.03. The average Bonchev–Trinajstić information content (AvgIpc) is 2.28. The highest BCUT2D eigenvalue weighted by Crippen LogP contribution is 1.97. The fraction of sp³-hybridized carbons (Fsp3) is 0.923. The molecule has 5 nitrogen and oxygen atoms in total. The highest BCUT2D eigenvalue weighted by atomic mass is 16.5. The Kier molecular flexibility index (Phi) is 8.97. The predicted molar refractivity (Wildman–Crippen MR) is 72.7 cm³/mol. The van der Waals surface area contributed by atoms with Gasteiger partial charge in [-0.3, -0.25) is 4.79 Å². The molecule has 108 valence electrons. The molecule has 2 N–H and O–H groups in total. The Morgan fingerprint density at radius 3 is 2.50 bits per heavy atom. The number of ether oxygens (including phenoxy) is 2. The Morgan fingerprint density at radius 2 is 1.94 bits per heavy atom. The number of rotatable bonds is 9. The van der Waals surface area contributed by atoms with Crippen molar-refractivity contribution in [1.82, 2.24) is 10.6 Å². The molecule has 0 aromatic heterocycles. The topological polar surface area (TPSA) is 59.6 Å². The summed E-state index contributed by atoms with van der Waals surface area (Å²) in [6, 6.07) is 0. The van der Waals surface area contributed by atoms with E-state index in [1.165, 1.54) is 0 Å². The lowest BCUT2D eigenvalue weighted by atomic mass is 10.1. The number of carbonyl (C=O) groups is 1. The molecule has 1 unspecified atom stereocenters. The molecule has 0 aromatic carbocycles. The smallest absolute Gasteiger partial charge is 0.234 e. The van der Waals surface area contributed by atoms with Crippen LogP contribution in [0, 0.1) is 0 Å². The van der Waals surface area contributed by atoms with E-state index in [1.54, 1.807) is 7.11 Å². The summed E-state index contributed by atoms with van der Waals surface area (Å²) in [4.78, 5) is 11.5. The summed E-state index contributed by atoms with van der Waals surface area (Å²) >= 11 is 0. The fourth-order valence-corrected chi connectivity index (χ4v) is 1.23. The van der Waals surface area contributed by atoms with E-state index in [-0.39, 0.29) is 17.6 Å². The van der Waals surface area contributed by atoms with Crippen molar-refractivity contribution >= 4 is 5.91 Å². The van der Waals surface area contributed by atoms with Crippen LogP contribution in [0.3, 0.4) is 0 Å². The maximum Gasteiger partial charge on any atom is 0.234 e. The summed E-state index contributed by atoms with van der Waals surface area (Å²) in [5.41, 5.74) is -0.0392. The number of hydrogen-bond acceptors (Lipinski definition) is 4. The molecule has 1 atom stereocenters. The first-order valence-corrected chi connectivity index (χ1v) is 6.47. The molecule has 18 heavy (non-hydrogen) atoms. The molecule has 0 aliphatic rings. The molecule has 5 heteroatoms. The van der Waals surface area contributed by atoms with E-state index in [2.05, 4.69) is 10.6 Å². The van der Waals surface area contributed by atoms with Crippen LogP contribution in [0.4, 0.5) is 0 Å². The lowest BCUT2D eigenvalue weighted by molar-refractivity contribution is -0.120. The Balaban J connectivity index is 3.46. The van der Waals surface area contributed by atoms with Crippen LogP contribution in [0.25, 0.3) is 0 Å².